The van der Waals surface area contributed by atoms with E-state index in [0.29, 0.717) is 25.8 Å². The predicted octanol–water partition coefficient (Wildman–Crippen LogP) is 2.26. The fourth-order valence-electron chi connectivity index (χ4n) is 5.30. The molecular weight excluding hydrogens is 611 g/mol. The Kier molecular flexibility index (Phi) is 10.3. The van der Waals surface area contributed by atoms with Crippen molar-refractivity contribution in [1.29, 1.82) is 0 Å². The van der Waals surface area contributed by atoms with Crippen LogP contribution in [0.2, 0.25) is 0 Å². The first-order valence-corrected chi connectivity index (χ1v) is 14.5. The van der Waals surface area contributed by atoms with E-state index in [9.17, 15) is 24.3 Å². The third kappa shape index (κ3) is 8.25. The summed E-state index contributed by atoms with van der Waals surface area (Å²) >= 11 is 2.20. The second kappa shape index (κ2) is 13.9. The van der Waals surface area contributed by atoms with Gasteiger partial charge in [-0.1, -0.05) is 42.5 Å². The average molecular weight is 647 g/mol. The Labute approximate surface area is 242 Å². The van der Waals surface area contributed by atoms with Crippen LogP contribution < -0.4 is 16.0 Å². The first-order valence-electron chi connectivity index (χ1n) is 13.4. The lowest BCUT2D eigenvalue weighted by Crippen LogP contribution is -2.54. The van der Waals surface area contributed by atoms with Gasteiger partial charge in [-0.25, -0.2) is 4.79 Å². The van der Waals surface area contributed by atoms with Gasteiger partial charge in [0.05, 0.1) is 6.04 Å². The van der Waals surface area contributed by atoms with Crippen molar-refractivity contribution < 1.29 is 24.3 Å². The normalized spacial score (nSPS) is 20.3. The lowest BCUT2D eigenvalue weighted by Gasteiger charge is -2.28. The van der Waals surface area contributed by atoms with Gasteiger partial charge in [-0.15, -0.1) is 0 Å². The van der Waals surface area contributed by atoms with Gasteiger partial charge in [0, 0.05) is 29.0 Å². The van der Waals surface area contributed by atoms with E-state index in [-0.39, 0.29) is 30.7 Å². The first kappa shape index (κ1) is 29.0. The van der Waals surface area contributed by atoms with Gasteiger partial charge < -0.3 is 26.0 Å². The number of halogens is 1. The Morgan fingerprint density at radius 2 is 1.67 bits per heavy atom. The van der Waals surface area contributed by atoms with Gasteiger partial charge in [-0.05, 0) is 84.5 Å². The summed E-state index contributed by atoms with van der Waals surface area (Å²) in [6.07, 6.45) is 3.38. The number of hydrogen-bond acceptors (Lipinski definition) is 5. The molecule has 2 heterocycles. The van der Waals surface area contributed by atoms with Crippen molar-refractivity contribution in [1.82, 2.24) is 20.9 Å². The molecule has 0 spiro atoms. The fraction of sp³-hybridized carbons (Fsp3) is 0.448. The van der Waals surface area contributed by atoms with Gasteiger partial charge >= 0.3 is 5.97 Å². The topological polar surface area (TPSA) is 128 Å². The summed E-state index contributed by atoms with van der Waals surface area (Å²) in [6, 6.07) is 14.8. The number of carboxylic acids is 1. The van der Waals surface area contributed by atoms with Crippen molar-refractivity contribution in [2.75, 3.05) is 13.1 Å². The number of rotatable bonds is 11. The van der Waals surface area contributed by atoms with Gasteiger partial charge in [0.2, 0.25) is 17.7 Å². The highest BCUT2D eigenvalue weighted by atomic mass is 127. The molecule has 208 valence electrons. The van der Waals surface area contributed by atoms with Crippen molar-refractivity contribution >= 4 is 46.3 Å². The van der Waals surface area contributed by atoms with E-state index in [1.165, 1.54) is 4.90 Å². The molecule has 0 radical (unpaired) electrons. The van der Waals surface area contributed by atoms with Crippen LogP contribution in [0.4, 0.5) is 0 Å². The summed E-state index contributed by atoms with van der Waals surface area (Å²) in [5.41, 5.74) is 1.85. The lowest BCUT2D eigenvalue weighted by atomic mass is 10.0. The smallest absolute Gasteiger partial charge is 0.326 e. The second-order valence-corrected chi connectivity index (χ2v) is 11.5. The molecule has 4 N–H and O–H groups in total. The van der Waals surface area contributed by atoms with Crippen LogP contribution in [0.3, 0.4) is 0 Å². The van der Waals surface area contributed by atoms with Gasteiger partial charge in [-0.3, -0.25) is 14.4 Å². The average Bonchev–Trinajstić information content (AvgIpc) is 3.63. The first-order chi connectivity index (χ1) is 18.8. The van der Waals surface area contributed by atoms with Gasteiger partial charge in [0.1, 0.15) is 12.1 Å². The number of nitrogens with one attached hydrogen (secondary N) is 3. The highest BCUT2D eigenvalue weighted by Crippen LogP contribution is 2.20. The fourth-order valence-corrected chi connectivity index (χ4v) is 5.66. The Hall–Kier alpha value is -2.99. The molecule has 2 aromatic rings. The Balaban J connectivity index is 1.49. The minimum Gasteiger partial charge on any atom is -0.480 e. The molecule has 4 unspecified atom stereocenters. The molecule has 10 heteroatoms. The van der Waals surface area contributed by atoms with Crippen LogP contribution in [-0.4, -0.2) is 71.0 Å². The van der Waals surface area contributed by atoms with Crippen LogP contribution >= 0.6 is 22.6 Å². The number of aliphatic carboxylic acids is 1. The lowest BCUT2D eigenvalue weighted by molar-refractivity contribution is -0.149. The zero-order valence-corrected chi connectivity index (χ0v) is 23.9. The molecule has 2 saturated heterocycles. The number of nitrogens with zero attached hydrogens (tertiary/aromatic N) is 1. The number of benzene rings is 2. The predicted molar refractivity (Wildman–Crippen MR) is 155 cm³/mol. The molecule has 0 saturated carbocycles. The van der Waals surface area contributed by atoms with E-state index < -0.39 is 30.0 Å². The van der Waals surface area contributed by atoms with Crippen molar-refractivity contribution in [3.05, 3.63) is 69.3 Å². The zero-order chi connectivity index (χ0) is 27.8. The minimum absolute atomic E-state index is 0.00776. The van der Waals surface area contributed by atoms with Crippen LogP contribution in [-0.2, 0) is 32.0 Å². The molecule has 4 atom stereocenters. The number of carbonyl (C=O) groups is 4. The van der Waals surface area contributed by atoms with Crippen molar-refractivity contribution in [3.63, 3.8) is 0 Å². The third-order valence-corrected chi connectivity index (χ3v) is 8.01. The van der Waals surface area contributed by atoms with Crippen molar-refractivity contribution in [3.8, 4) is 0 Å². The van der Waals surface area contributed by atoms with Crippen LogP contribution in [0, 0.1) is 3.57 Å². The molecule has 2 aliphatic heterocycles. The SMILES string of the molecule is O=C(CC(Cc1ccccc1)NC(=O)C1CCCN1)NC(Cc1ccc(I)cc1)C(=O)N1CCCC1C(=O)O. The minimum atomic E-state index is -1.04. The molecule has 4 rings (SSSR count). The molecular formula is C29H35IN4O5. The molecule has 2 aromatic carbocycles. The highest BCUT2D eigenvalue weighted by Gasteiger charge is 2.38. The number of likely N-dealkylation sites (tertiary alicyclic amines) is 1. The molecule has 2 fully saturated rings. The molecule has 2 aliphatic rings. The summed E-state index contributed by atoms with van der Waals surface area (Å²) in [6.45, 7) is 1.13. The maximum absolute atomic E-state index is 13.6. The quantitative estimate of drug-likeness (QED) is 0.278. The van der Waals surface area contributed by atoms with Crippen LogP contribution in [0.25, 0.3) is 0 Å². The van der Waals surface area contributed by atoms with Gasteiger partial charge in [0.25, 0.3) is 0 Å². The van der Waals surface area contributed by atoms with E-state index in [0.717, 1.165) is 34.1 Å². The van der Waals surface area contributed by atoms with E-state index >= 15 is 0 Å². The Morgan fingerprint density at radius 3 is 2.33 bits per heavy atom. The van der Waals surface area contributed by atoms with Crippen molar-refractivity contribution in [2.45, 2.75) is 69.1 Å². The monoisotopic (exact) mass is 646 g/mol. The largest absolute Gasteiger partial charge is 0.480 e. The van der Waals surface area contributed by atoms with E-state index in [1.54, 1.807) is 0 Å². The molecule has 39 heavy (non-hydrogen) atoms. The number of hydrogen-bond donors (Lipinski definition) is 4. The highest BCUT2D eigenvalue weighted by molar-refractivity contribution is 14.1. The van der Waals surface area contributed by atoms with Gasteiger partial charge in [-0.2, -0.15) is 0 Å². The van der Waals surface area contributed by atoms with E-state index in [4.69, 9.17) is 0 Å². The van der Waals surface area contributed by atoms with Crippen LogP contribution in [0.1, 0.15) is 43.2 Å². The molecule has 0 aliphatic carbocycles. The van der Waals surface area contributed by atoms with Crippen LogP contribution in [0.5, 0.6) is 0 Å². The number of amides is 3. The van der Waals surface area contributed by atoms with E-state index in [1.807, 2.05) is 54.6 Å². The third-order valence-electron chi connectivity index (χ3n) is 7.29. The number of carboxylic acid groups (broad SMARTS) is 1. The second-order valence-electron chi connectivity index (χ2n) is 10.2. The molecule has 9 nitrogen and oxygen atoms in total. The maximum atomic E-state index is 13.6. The summed E-state index contributed by atoms with van der Waals surface area (Å²) in [5.74, 6) is -1.93. The van der Waals surface area contributed by atoms with Gasteiger partial charge in [0.15, 0.2) is 0 Å². The Morgan fingerprint density at radius 1 is 0.949 bits per heavy atom. The maximum Gasteiger partial charge on any atom is 0.326 e. The molecule has 0 aromatic heterocycles. The summed E-state index contributed by atoms with van der Waals surface area (Å²) in [4.78, 5) is 52.9. The summed E-state index contributed by atoms with van der Waals surface area (Å²) in [5, 5.41) is 18.7. The standard InChI is InChI=1S/C29H35IN4O5/c30-21-12-10-20(11-13-21)17-24(28(37)34-15-5-9-25(34)29(38)39)33-26(35)18-22(16-19-6-2-1-3-7-19)32-27(36)23-8-4-14-31-23/h1-3,6-7,10-13,22-25,31H,4-5,8-9,14-18H2,(H,32,36)(H,33,35)(H,38,39). The summed E-state index contributed by atoms with van der Waals surface area (Å²) in [7, 11) is 0. The zero-order valence-electron chi connectivity index (χ0n) is 21.8. The van der Waals surface area contributed by atoms with Crippen molar-refractivity contribution in [2.24, 2.45) is 0 Å². The molecule has 0 bridgehead atoms. The molecule has 3 amide bonds. The van der Waals surface area contributed by atoms with E-state index in [2.05, 4.69) is 38.5 Å². The number of carbonyl (C=O) groups excluding carboxylic acids is 3. The van der Waals surface area contributed by atoms with Crippen LogP contribution in [0.15, 0.2) is 54.6 Å². The Bertz CT molecular complexity index is 1150. The summed E-state index contributed by atoms with van der Waals surface area (Å²) < 4.78 is 1.05.